The Morgan fingerprint density at radius 1 is 1.39 bits per heavy atom. The molecular formula is C14H16N2O2. The van der Waals surface area contributed by atoms with Crippen molar-refractivity contribution in [1.29, 1.82) is 0 Å². The number of carbonyl (C=O) groups excluding carboxylic acids is 1. The van der Waals surface area contributed by atoms with E-state index in [1.165, 1.54) is 0 Å². The van der Waals surface area contributed by atoms with Crippen LogP contribution < -0.4 is 0 Å². The van der Waals surface area contributed by atoms with Gasteiger partial charge in [-0.1, -0.05) is 12.1 Å². The molecule has 1 aromatic carbocycles. The number of rotatable bonds is 5. The Balaban J connectivity index is 2.02. The fourth-order valence-electron chi connectivity index (χ4n) is 1.76. The average molecular weight is 244 g/mol. The molecule has 1 aromatic heterocycles. The lowest BCUT2D eigenvalue weighted by Crippen LogP contribution is -2.05. The quantitative estimate of drug-likeness (QED) is 0.758. The molecule has 0 aliphatic rings. The van der Waals surface area contributed by atoms with Crippen LogP contribution in [-0.2, 0) is 16.0 Å². The topological polar surface area (TPSA) is 44.1 Å². The van der Waals surface area contributed by atoms with E-state index in [0.29, 0.717) is 19.4 Å². The number of hydrogen-bond donors (Lipinski definition) is 0. The molecular weight excluding hydrogens is 228 g/mol. The number of aromatic nitrogens is 2. The molecule has 0 amide bonds. The van der Waals surface area contributed by atoms with Crippen molar-refractivity contribution in [3.8, 4) is 5.69 Å². The highest BCUT2D eigenvalue weighted by Gasteiger charge is 2.03. The molecule has 0 unspecified atom stereocenters. The first-order valence-electron chi connectivity index (χ1n) is 6.04. The summed E-state index contributed by atoms with van der Waals surface area (Å²) in [5, 5.41) is 4.18. The zero-order chi connectivity index (χ0) is 12.8. The molecule has 0 N–H and O–H groups in total. The maximum absolute atomic E-state index is 11.3. The van der Waals surface area contributed by atoms with Crippen LogP contribution in [0.3, 0.4) is 0 Å². The number of nitrogens with zero attached hydrogens (tertiary/aromatic N) is 2. The molecule has 0 atom stereocenters. The highest BCUT2D eigenvalue weighted by molar-refractivity contribution is 5.69. The summed E-state index contributed by atoms with van der Waals surface area (Å²) in [6, 6.07) is 9.88. The molecule has 4 heteroatoms. The summed E-state index contributed by atoms with van der Waals surface area (Å²) in [4.78, 5) is 11.3. The Morgan fingerprint density at radius 2 is 2.28 bits per heavy atom. The summed E-state index contributed by atoms with van der Waals surface area (Å²) < 4.78 is 6.71. The number of carbonyl (C=O) groups is 1. The van der Waals surface area contributed by atoms with Crippen molar-refractivity contribution in [2.24, 2.45) is 0 Å². The molecule has 18 heavy (non-hydrogen) atoms. The highest BCUT2D eigenvalue weighted by atomic mass is 16.5. The van der Waals surface area contributed by atoms with Crippen molar-refractivity contribution >= 4 is 5.97 Å². The summed E-state index contributed by atoms with van der Waals surface area (Å²) in [5.41, 5.74) is 2.11. The van der Waals surface area contributed by atoms with Crippen molar-refractivity contribution in [2.75, 3.05) is 6.61 Å². The maximum atomic E-state index is 11.3. The van der Waals surface area contributed by atoms with E-state index in [0.717, 1.165) is 11.3 Å². The lowest BCUT2D eigenvalue weighted by Gasteiger charge is -2.05. The first-order valence-corrected chi connectivity index (χ1v) is 6.04. The van der Waals surface area contributed by atoms with E-state index < -0.39 is 0 Å². The van der Waals surface area contributed by atoms with Crippen molar-refractivity contribution < 1.29 is 9.53 Å². The van der Waals surface area contributed by atoms with Gasteiger partial charge in [0.15, 0.2) is 0 Å². The van der Waals surface area contributed by atoms with Crippen LogP contribution >= 0.6 is 0 Å². The minimum Gasteiger partial charge on any atom is -0.466 e. The van der Waals surface area contributed by atoms with Gasteiger partial charge < -0.3 is 4.74 Å². The third-order valence-corrected chi connectivity index (χ3v) is 2.60. The van der Waals surface area contributed by atoms with E-state index in [2.05, 4.69) is 5.10 Å². The molecule has 0 saturated heterocycles. The molecule has 4 nitrogen and oxygen atoms in total. The summed E-state index contributed by atoms with van der Waals surface area (Å²) >= 11 is 0. The third kappa shape index (κ3) is 3.20. The van der Waals surface area contributed by atoms with Crippen molar-refractivity contribution in [3.63, 3.8) is 0 Å². The van der Waals surface area contributed by atoms with E-state index in [1.807, 2.05) is 43.5 Å². The van der Waals surface area contributed by atoms with Gasteiger partial charge in [0.1, 0.15) is 0 Å². The largest absolute Gasteiger partial charge is 0.466 e. The van der Waals surface area contributed by atoms with E-state index in [9.17, 15) is 4.79 Å². The molecule has 0 saturated carbocycles. The van der Waals surface area contributed by atoms with Gasteiger partial charge in [-0.3, -0.25) is 4.79 Å². The molecule has 0 bridgehead atoms. The highest BCUT2D eigenvalue weighted by Crippen LogP contribution is 2.11. The third-order valence-electron chi connectivity index (χ3n) is 2.60. The Morgan fingerprint density at radius 3 is 3.00 bits per heavy atom. The zero-order valence-corrected chi connectivity index (χ0v) is 10.4. The Labute approximate surface area is 106 Å². The smallest absolute Gasteiger partial charge is 0.306 e. The van der Waals surface area contributed by atoms with Crippen LogP contribution in [0.25, 0.3) is 5.69 Å². The molecule has 2 aromatic rings. The molecule has 0 radical (unpaired) electrons. The fraction of sp³-hybridized carbons (Fsp3) is 0.286. The van der Waals surface area contributed by atoms with E-state index in [4.69, 9.17) is 4.74 Å². The average Bonchev–Trinajstić information content (AvgIpc) is 2.91. The lowest BCUT2D eigenvalue weighted by molar-refractivity contribution is -0.143. The van der Waals surface area contributed by atoms with Crippen LogP contribution in [0, 0.1) is 0 Å². The number of hydrogen-bond acceptors (Lipinski definition) is 3. The minimum absolute atomic E-state index is 0.151. The summed E-state index contributed by atoms with van der Waals surface area (Å²) in [6.07, 6.45) is 4.74. The zero-order valence-electron chi connectivity index (χ0n) is 10.4. The Hall–Kier alpha value is -2.10. The molecule has 0 fully saturated rings. The predicted octanol–water partition coefficient (Wildman–Crippen LogP) is 2.37. The van der Waals surface area contributed by atoms with E-state index in [1.54, 1.807) is 10.9 Å². The van der Waals surface area contributed by atoms with Crippen molar-refractivity contribution in [2.45, 2.75) is 19.8 Å². The normalized spacial score (nSPS) is 10.3. The van der Waals surface area contributed by atoms with Crippen LogP contribution in [0.15, 0.2) is 42.7 Å². The number of esters is 1. The molecule has 0 aliphatic carbocycles. The van der Waals surface area contributed by atoms with Crippen LogP contribution in [0.1, 0.15) is 18.9 Å². The van der Waals surface area contributed by atoms with Gasteiger partial charge in [-0.15, -0.1) is 0 Å². The Bertz CT molecular complexity index is 506. The SMILES string of the molecule is CCOC(=O)CCc1cccc(-n2cccn2)c1. The second-order valence-electron chi connectivity index (χ2n) is 3.93. The van der Waals surface area contributed by atoms with Crippen molar-refractivity contribution in [3.05, 3.63) is 48.3 Å². The van der Waals surface area contributed by atoms with E-state index >= 15 is 0 Å². The summed E-state index contributed by atoms with van der Waals surface area (Å²) in [7, 11) is 0. The van der Waals surface area contributed by atoms with Crippen LogP contribution in [0.5, 0.6) is 0 Å². The van der Waals surface area contributed by atoms with Crippen LogP contribution in [-0.4, -0.2) is 22.4 Å². The van der Waals surface area contributed by atoms with Gasteiger partial charge in [0, 0.05) is 18.8 Å². The van der Waals surface area contributed by atoms with E-state index in [-0.39, 0.29) is 5.97 Å². The number of benzene rings is 1. The predicted molar refractivity (Wildman–Crippen MR) is 68.5 cm³/mol. The van der Waals surface area contributed by atoms with Gasteiger partial charge in [-0.05, 0) is 37.1 Å². The first-order chi connectivity index (χ1) is 8.79. The second kappa shape index (κ2) is 6.00. The van der Waals surface area contributed by atoms with Gasteiger partial charge in [0.25, 0.3) is 0 Å². The number of ether oxygens (including phenoxy) is 1. The minimum atomic E-state index is -0.151. The fourth-order valence-corrected chi connectivity index (χ4v) is 1.76. The van der Waals surface area contributed by atoms with Gasteiger partial charge in [0.05, 0.1) is 12.3 Å². The van der Waals surface area contributed by atoms with Crippen LogP contribution in [0.4, 0.5) is 0 Å². The maximum Gasteiger partial charge on any atom is 0.306 e. The number of aryl methyl sites for hydroxylation is 1. The standard InChI is InChI=1S/C14H16N2O2/c1-2-18-14(17)8-7-12-5-3-6-13(11-12)16-10-4-9-15-16/h3-6,9-11H,2,7-8H2,1H3. The van der Waals surface area contributed by atoms with Gasteiger partial charge in [0.2, 0.25) is 0 Å². The lowest BCUT2D eigenvalue weighted by atomic mass is 10.1. The first kappa shape index (κ1) is 12.4. The molecule has 1 heterocycles. The molecule has 94 valence electrons. The Kier molecular flexibility index (Phi) is 4.12. The summed E-state index contributed by atoms with van der Waals surface area (Å²) in [5.74, 6) is -0.151. The van der Waals surface area contributed by atoms with Gasteiger partial charge >= 0.3 is 5.97 Å². The van der Waals surface area contributed by atoms with Gasteiger partial charge in [-0.25, -0.2) is 4.68 Å². The monoisotopic (exact) mass is 244 g/mol. The molecule has 2 rings (SSSR count). The van der Waals surface area contributed by atoms with Crippen LogP contribution in [0.2, 0.25) is 0 Å². The molecule has 0 spiro atoms. The molecule has 0 aliphatic heterocycles. The summed E-state index contributed by atoms with van der Waals surface area (Å²) in [6.45, 7) is 2.25. The van der Waals surface area contributed by atoms with Gasteiger partial charge in [-0.2, -0.15) is 5.10 Å². The second-order valence-corrected chi connectivity index (χ2v) is 3.93. The van der Waals surface area contributed by atoms with Crippen molar-refractivity contribution in [1.82, 2.24) is 9.78 Å².